The first-order valence-electron chi connectivity index (χ1n) is 9.64. The third kappa shape index (κ3) is 5.23. The Balaban J connectivity index is 2.28. The van der Waals surface area contributed by atoms with Crippen molar-refractivity contribution in [2.75, 3.05) is 19.7 Å². The van der Waals surface area contributed by atoms with Gasteiger partial charge in [0.2, 0.25) is 15.9 Å². The molecule has 1 aliphatic heterocycles. The minimum atomic E-state index is -3.61. The number of unbranched alkanes of at least 4 members (excludes halogenated alkanes) is 1. The average Bonchev–Trinajstić information content (AvgIpc) is 2.61. The summed E-state index contributed by atoms with van der Waals surface area (Å²) in [6, 6.07) is 5.11. The fourth-order valence-electron chi connectivity index (χ4n) is 3.24. The van der Waals surface area contributed by atoms with Crippen molar-refractivity contribution in [3.63, 3.8) is 0 Å². The van der Waals surface area contributed by atoms with E-state index >= 15 is 0 Å². The van der Waals surface area contributed by atoms with Crippen molar-refractivity contribution in [2.45, 2.75) is 63.7 Å². The minimum Gasteiger partial charge on any atom is -0.493 e. The second-order valence-electron chi connectivity index (χ2n) is 8.19. The van der Waals surface area contributed by atoms with E-state index in [-0.39, 0.29) is 22.1 Å². The fourth-order valence-corrected chi connectivity index (χ4v) is 4.73. The second-order valence-corrected chi connectivity index (χ2v) is 10.1. The summed E-state index contributed by atoms with van der Waals surface area (Å²) in [5, 5.41) is 0. The highest BCUT2D eigenvalue weighted by Gasteiger charge is 2.32. The Labute approximate surface area is 163 Å². The van der Waals surface area contributed by atoms with Gasteiger partial charge < -0.3 is 10.5 Å². The van der Waals surface area contributed by atoms with Crippen LogP contribution in [0.4, 0.5) is 0 Å². The third-order valence-corrected chi connectivity index (χ3v) is 6.90. The molecule has 0 saturated carbocycles. The topological polar surface area (TPSA) is 89.7 Å². The normalized spacial score (nSPS) is 17.0. The van der Waals surface area contributed by atoms with E-state index in [0.717, 1.165) is 24.2 Å². The summed E-state index contributed by atoms with van der Waals surface area (Å²) in [5.74, 6) is 0.147. The van der Waals surface area contributed by atoms with Crippen LogP contribution in [0.25, 0.3) is 0 Å². The van der Waals surface area contributed by atoms with Gasteiger partial charge in [-0.2, -0.15) is 4.31 Å². The highest BCUT2D eigenvalue weighted by Crippen LogP contribution is 2.35. The van der Waals surface area contributed by atoms with Crippen molar-refractivity contribution in [2.24, 2.45) is 11.7 Å². The monoisotopic (exact) mass is 396 g/mol. The zero-order valence-electron chi connectivity index (χ0n) is 16.8. The summed E-state index contributed by atoms with van der Waals surface area (Å²) >= 11 is 0. The van der Waals surface area contributed by atoms with E-state index in [1.165, 1.54) is 4.31 Å². The van der Waals surface area contributed by atoms with Crippen LogP contribution in [-0.4, -0.2) is 38.3 Å². The van der Waals surface area contributed by atoms with E-state index in [0.29, 0.717) is 32.5 Å². The number of sulfonamides is 1. The first-order valence-corrected chi connectivity index (χ1v) is 11.1. The van der Waals surface area contributed by atoms with Gasteiger partial charge in [-0.05, 0) is 42.9 Å². The lowest BCUT2D eigenvalue weighted by atomic mass is 9.86. The van der Waals surface area contributed by atoms with Crippen LogP contribution in [0.5, 0.6) is 5.75 Å². The molecule has 1 heterocycles. The molecule has 1 aliphatic rings. The number of nitrogens with two attached hydrogens (primary N) is 1. The predicted molar refractivity (Wildman–Crippen MR) is 106 cm³/mol. The van der Waals surface area contributed by atoms with Crippen LogP contribution in [0, 0.1) is 5.92 Å². The van der Waals surface area contributed by atoms with Crippen molar-refractivity contribution in [1.82, 2.24) is 4.31 Å². The van der Waals surface area contributed by atoms with Crippen molar-refractivity contribution in [1.29, 1.82) is 0 Å². The second kappa shape index (κ2) is 8.61. The number of carbonyl (C=O) groups is 1. The molecule has 1 fully saturated rings. The minimum absolute atomic E-state index is 0.240. The van der Waals surface area contributed by atoms with Crippen molar-refractivity contribution >= 4 is 15.9 Å². The van der Waals surface area contributed by atoms with Gasteiger partial charge in [-0.1, -0.05) is 34.1 Å². The molecule has 0 aromatic heterocycles. The van der Waals surface area contributed by atoms with Gasteiger partial charge in [0, 0.05) is 24.6 Å². The predicted octanol–water partition coefficient (Wildman–Crippen LogP) is 3.05. The molecule has 0 atom stereocenters. The summed E-state index contributed by atoms with van der Waals surface area (Å²) in [6.07, 6.45) is 2.94. The molecule has 6 nitrogen and oxygen atoms in total. The van der Waals surface area contributed by atoms with E-state index in [1.54, 1.807) is 18.2 Å². The quantitative estimate of drug-likeness (QED) is 0.717. The lowest BCUT2D eigenvalue weighted by Crippen LogP contribution is -2.41. The lowest BCUT2D eigenvalue weighted by molar-refractivity contribution is -0.122. The Morgan fingerprint density at radius 1 is 1.26 bits per heavy atom. The number of piperidine rings is 1. The number of amides is 1. The first kappa shape index (κ1) is 21.7. The van der Waals surface area contributed by atoms with Crippen LogP contribution >= 0.6 is 0 Å². The number of hydrogen-bond acceptors (Lipinski definition) is 4. The van der Waals surface area contributed by atoms with E-state index in [1.807, 2.05) is 20.8 Å². The number of hydrogen-bond donors (Lipinski definition) is 1. The zero-order chi connectivity index (χ0) is 20.2. The van der Waals surface area contributed by atoms with Crippen molar-refractivity contribution in [3.8, 4) is 5.75 Å². The standard InChI is InChI=1S/C20H32N2O4S/c1-5-6-13-26-18-8-7-16(14-17(18)20(2,3)4)27(24,25)22-11-9-15(10-12-22)19(21)23/h7-8,14-15H,5-6,9-13H2,1-4H3,(H2,21,23). The fraction of sp³-hybridized carbons (Fsp3) is 0.650. The van der Waals surface area contributed by atoms with Gasteiger partial charge in [-0.15, -0.1) is 0 Å². The maximum Gasteiger partial charge on any atom is 0.243 e. The molecule has 1 aromatic carbocycles. The summed E-state index contributed by atoms with van der Waals surface area (Å²) in [6.45, 7) is 9.49. The molecule has 0 unspecified atom stereocenters. The molecule has 0 spiro atoms. The van der Waals surface area contributed by atoms with Gasteiger partial charge in [0.1, 0.15) is 5.75 Å². The average molecular weight is 397 g/mol. The van der Waals surface area contributed by atoms with E-state index < -0.39 is 10.0 Å². The number of carbonyl (C=O) groups excluding carboxylic acids is 1. The van der Waals surface area contributed by atoms with E-state index in [4.69, 9.17) is 10.5 Å². The molecule has 27 heavy (non-hydrogen) atoms. The lowest BCUT2D eigenvalue weighted by Gasteiger charge is -2.30. The Morgan fingerprint density at radius 3 is 2.41 bits per heavy atom. The Morgan fingerprint density at radius 2 is 1.89 bits per heavy atom. The van der Waals surface area contributed by atoms with Gasteiger partial charge >= 0.3 is 0 Å². The molecule has 7 heteroatoms. The number of rotatable bonds is 7. The van der Waals surface area contributed by atoms with Gasteiger partial charge in [0.05, 0.1) is 11.5 Å². The van der Waals surface area contributed by atoms with E-state index in [9.17, 15) is 13.2 Å². The van der Waals surface area contributed by atoms with Gasteiger partial charge in [0.25, 0.3) is 0 Å². The highest BCUT2D eigenvalue weighted by molar-refractivity contribution is 7.89. The molecule has 152 valence electrons. The number of nitrogens with zero attached hydrogens (tertiary/aromatic N) is 1. The maximum absolute atomic E-state index is 13.1. The molecular formula is C20H32N2O4S. The Kier molecular flexibility index (Phi) is 6.92. The Hall–Kier alpha value is -1.60. The molecule has 2 N–H and O–H groups in total. The zero-order valence-corrected chi connectivity index (χ0v) is 17.6. The van der Waals surface area contributed by atoms with Crippen LogP contribution in [0.3, 0.4) is 0 Å². The molecule has 1 saturated heterocycles. The molecule has 2 rings (SSSR count). The third-order valence-electron chi connectivity index (χ3n) is 5.01. The van der Waals surface area contributed by atoms with E-state index in [2.05, 4.69) is 6.92 Å². The van der Waals surface area contributed by atoms with Crippen LogP contribution in [0.2, 0.25) is 0 Å². The molecule has 0 bridgehead atoms. The van der Waals surface area contributed by atoms with Gasteiger partial charge in [-0.25, -0.2) is 8.42 Å². The smallest absolute Gasteiger partial charge is 0.243 e. The number of primary amides is 1. The molecule has 1 amide bonds. The number of benzene rings is 1. The summed E-state index contributed by atoms with van der Waals surface area (Å²) in [4.78, 5) is 11.6. The van der Waals surface area contributed by atoms with Crippen LogP contribution < -0.4 is 10.5 Å². The first-order chi connectivity index (χ1) is 12.6. The molecule has 0 radical (unpaired) electrons. The van der Waals surface area contributed by atoms with Crippen LogP contribution in [-0.2, 0) is 20.2 Å². The number of ether oxygens (including phenoxy) is 1. The van der Waals surface area contributed by atoms with Gasteiger partial charge in [0.15, 0.2) is 0 Å². The molecular weight excluding hydrogens is 364 g/mol. The summed E-state index contributed by atoms with van der Waals surface area (Å²) in [7, 11) is -3.61. The SMILES string of the molecule is CCCCOc1ccc(S(=O)(=O)N2CCC(C(N)=O)CC2)cc1C(C)(C)C. The molecule has 0 aliphatic carbocycles. The van der Waals surface area contributed by atoms with Crippen LogP contribution in [0.15, 0.2) is 23.1 Å². The van der Waals surface area contributed by atoms with Crippen LogP contribution in [0.1, 0.15) is 58.9 Å². The van der Waals surface area contributed by atoms with Crippen molar-refractivity contribution in [3.05, 3.63) is 23.8 Å². The highest BCUT2D eigenvalue weighted by atomic mass is 32.2. The largest absolute Gasteiger partial charge is 0.493 e. The van der Waals surface area contributed by atoms with Gasteiger partial charge in [-0.3, -0.25) is 4.79 Å². The summed E-state index contributed by atoms with van der Waals surface area (Å²) in [5.41, 5.74) is 5.98. The maximum atomic E-state index is 13.1. The Bertz CT molecular complexity index is 761. The summed E-state index contributed by atoms with van der Waals surface area (Å²) < 4.78 is 33.5. The van der Waals surface area contributed by atoms with Crippen molar-refractivity contribution < 1.29 is 17.9 Å². The molecule has 1 aromatic rings.